The summed E-state index contributed by atoms with van der Waals surface area (Å²) in [4.78, 5) is 18.2. The lowest BCUT2D eigenvalue weighted by Gasteiger charge is -2.14. The summed E-state index contributed by atoms with van der Waals surface area (Å²) in [5, 5.41) is 9.03. The number of aromatic nitrogens is 3. The molecule has 3 rings (SSSR count). The van der Waals surface area contributed by atoms with Crippen molar-refractivity contribution in [3.63, 3.8) is 0 Å². The number of pyridine rings is 1. The number of hydrogen-bond donors (Lipinski definition) is 2. The Bertz CT molecular complexity index is 589. The third-order valence-corrected chi connectivity index (χ3v) is 3.10. The highest BCUT2D eigenvalue weighted by Gasteiger charge is 2.27. The van der Waals surface area contributed by atoms with Crippen LogP contribution >= 0.6 is 0 Å². The first-order chi connectivity index (χ1) is 8.29. The van der Waals surface area contributed by atoms with Crippen molar-refractivity contribution in [1.82, 2.24) is 14.5 Å². The summed E-state index contributed by atoms with van der Waals surface area (Å²) in [5.41, 5.74) is 0.985. The van der Waals surface area contributed by atoms with Gasteiger partial charge in [-0.05, 0) is 18.9 Å². The van der Waals surface area contributed by atoms with Crippen molar-refractivity contribution in [1.29, 1.82) is 0 Å². The van der Waals surface area contributed by atoms with Gasteiger partial charge in [0.1, 0.15) is 6.23 Å². The van der Waals surface area contributed by atoms with Gasteiger partial charge in [-0.25, -0.2) is 4.98 Å². The molecule has 2 aromatic heterocycles. The fourth-order valence-electron chi connectivity index (χ4n) is 2.23. The Morgan fingerprint density at radius 2 is 2.47 bits per heavy atom. The molecule has 0 spiro atoms. The number of hydrogen-bond acceptors (Lipinski definition) is 4. The molecule has 1 aliphatic heterocycles. The van der Waals surface area contributed by atoms with Gasteiger partial charge in [-0.2, -0.15) is 0 Å². The molecule has 17 heavy (non-hydrogen) atoms. The summed E-state index contributed by atoms with van der Waals surface area (Å²) in [6, 6.07) is 1.80. The standard InChI is InChI=1S/C11H13N3O3/c15-5-7-1-2-9(17-7)14-6-13-10-8(14)3-4-12-11(10)16/h3-4,6-7,9,15H,1-2,5H2,(H,12,16)/t7-,9+/m0/s1. The topological polar surface area (TPSA) is 80.1 Å². The zero-order valence-corrected chi connectivity index (χ0v) is 9.17. The summed E-state index contributed by atoms with van der Waals surface area (Å²) in [6.45, 7) is 0.0315. The number of nitrogens with one attached hydrogen (secondary N) is 1. The third kappa shape index (κ3) is 1.65. The fraction of sp³-hybridized carbons (Fsp3) is 0.455. The molecule has 3 heterocycles. The van der Waals surface area contributed by atoms with Crippen LogP contribution in [-0.2, 0) is 4.74 Å². The Labute approximate surface area is 96.9 Å². The maximum absolute atomic E-state index is 11.5. The number of imidazole rings is 1. The first-order valence-electron chi connectivity index (χ1n) is 5.60. The van der Waals surface area contributed by atoms with E-state index < -0.39 is 0 Å². The molecule has 0 amide bonds. The Kier molecular flexibility index (Phi) is 2.45. The van der Waals surface area contributed by atoms with Gasteiger partial charge in [0, 0.05) is 6.20 Å². The molecule has 1 saturated heterocycles. The lowest BCUT2D eigenvalue weighted by atomic mass is 10.2. The van der Waals surface area contributed by atoms with Crippen LogP contribution in [0, 0.1) is 0 Å². The van der Waals surface area contributed by atoms with Crippen molar-refractivity contribution in [3.05, 3.63) is 28.9 Å². The number of fused-ring (bicyclic) bond motifs is 1. The van der Waals surface area contributed by atoms with E-state index in [2.05, 4.69) is 9.97 Å². The van der Waals surface area contributed by atoms with Gasteiger partial charge in [-0.1, -0.05) is 0 Å². The maximum atomic E-state index is 11.5. The zero-order chi connectivity index (χ0) is 11.8. The number of H-pyrrole nitrogens is 1. The van der Waals surface area contributed by atoms with Crippen LogP contribution in [-0.4, -0.2) is 32.4 Å². The smallest absolute Gasteiger partial charge is 0.276 e. The van der Waals surface area contributed by atoms with Crippen LogP contribution < -0.4 is 5.56 Å². The van der Waals surface area contributed by atoms with Gasteiger partial charge >= 0.3 is 0 Å². The summed E-state index contributed by atoms with van der Waals surface area (Å²) < 4.78 is 7.51. The molecule has 1 aliphatic rings. The average Bonchev–Trinajstić information content (AvgIpc) is 2.94. The number of aromatic amines is 1. The second-order valence-electron chi connectivity index (χ2n) is 4.17. The van der Waals surface area contributed by atoms with E-state index in [0.29, 0.717) is 5.52 Å². The molecule has 0 radical (unpaired) electrons. The van der Waals surface area contributed by atoms with Crippen molar-refractivity contribution in [2.45, 2.75) is 25.2 Å². The summed E-state index contributed by atoms with van der Waals surface area (Å²) in [7, 11) is 0. The van der Waals surface area contributed by atoms with E-state index in [4.69, 9.17) is 9.84 Å². The quantitative estimate of drug-likeness (QED) is 0.789. The van der Waals surface area contributed by atoms with E-state index in [1.165, 1.54) is 0 Å². The van der Waals surface area contributed by atoms with Gasteiger partial charge in [-0.3, -0.25) is 4.79 Å². The number of rotatable bonds is 2. The van der Waals surface area contributed by atoms with Crippen LogP contribution in [0.3, 0.4) is 0 Å². The lowest BCUT2D eigenvalue weighted by Crippen LogP contribution is -2.14. The number of aliphatic hydroxyl groups excluding tert-OH is 1. The Hall–Kier alpha value is -1.66. The molecule has 2 aromatic rings. The van der Waals surface area contributed by atoms with Gasteiger partial charge < -0.3 is 19.4 Å². The molecule has 1 fully saturated rings. The Morgan fingerprint density at radius 3 is 3.24 bits per heavy atom. The van der Waals surface area contributed by atoms with Gasteiger partial charge in [0.2, 0.25) is 0 Å². The van der Waals surface area contributed by atoms with Crippen LogP contribution in [0.15, 0.2) is 23.4 Å². The molecule has 0 aromatic carbocycles. The van der Waals surface area contributed by atoms with Crippen molar-refractivity contribution in [3.8, 4) is 0 Å². The highest BCUT2D eigenvalue weighted by Crippen LogP contribution is 2.29. The Morgan fingerprint density at radius 1 is 1.59 bits per heavy atom. The monoisotopic (exact) mass is 235 g/mol. The highest BCUT2D eigenvalue weighted by molar-refractivity contribution is 5.73. The summed E-state index contributed by atoms with van der Waals surface area (Å²) in [6.07, 6.45) is 4.61. The SMILES string of the molecule is O=c1[nH]ccc2c1ncn2[C@H]1CC[C@@H](CO)O1. The van der Waals surface area contributed by atoms with Gasteiger partial charge in [0.15, 0.2) is 5.52 Å². The third-order valence-electron chi connectivity index (χ3n) is 3.10. The van der Waals surface area contributed by atoms with Crippen molar-refractivity contribution in [2.75, 3.05) is 6.61 Å². The molecular weight excluding hydrogens is 222 g/mol. The summed E-state index contributed by atoms with van der Waals surface area (Å²) in [5.74, 6) is 0. The molecule has 6 nitrogen and oxygen atoms in total. The first-order valence-corrected chi connectivity index (χ1v) is 5.60. The highest BCUT2D eigenvalue weighted by atomic mass is 16.5. The molecule has 6 heteroatoms. The van der Waals surface area contributed by atoms with Crippen LogP contribution in [0.5, 0.6) is 0 Å². The van der Waals surface area contributed by atoms with Gasteiger partial charge in [-0.15, -0.1) is 0 Å². The molecule has 90 valence electrons. The molecular formula is C11H13N3O3. The fourth-order valence-corrected chi connectivity index (χ4v) is 2.23. The molecule has 0 bridgehead atoms. The second kappa shape index (κ2) is 3.97. The van der Waals surface area contributed by atoms with Crippen LogP contribution in [0.25, 0.3) is 11.0 Å². The molecule has 0 aliphatic carbocycles. The number of aliphatic hydroxyl groups is 1. The number of nitrogens with zero attached hydrogens (tertiary/aromatic N) is 2. The maximum Gasteiger partial charge on any atom is 0.276 e. The molecule has 0 saturated carbocycles. The van der Waals surface area contributed by atoms with E-state index in [9.17, 15) is 4.79 Å². The normalized spacial score (nSPS) is 24.5. The lowest BCUT2D eigenvalue weighted by molar-refractivity contribution is -0.0204. The molecule has 2 N–H and O–H groups in total. The first kappa shape index (κ1) is 10.5. The number of ether oxygens (including phenoxy) is 1. The van der Waals surface area contributed by atoms with E-state index in [1.54, 1.807) is 18.6 Å². The largest absolute Gasteiger partial charge is 0.394 e. The predicted molar refractivity (Wildman–Crippen MR) is 60.6 cm³/mol. The van der Waals surface area contributed by atoms with E-state index in [-0.39, 0.29) is 24.5 Å². The van der Waals surface area contributed by atoms with E-state index in [0.717, 1.165) is 18.4 Å². The van der Waals surface area contributed by atoms with Crippen molar-refractivity contribution in [2.24, 2.45) is 0 Å². The van der Waals surface area contributed by atoms with Crippen LogP contribution in [0.2, 0.25) is 0 Å². The molecule has 0 unspecified atom stereocenters. The average molecular weight is 235 g/mol. The minimum atomic E-state index is -0.196. The van der Waals surface area contributed by atoms with Crippen molar-refractivity contribution < 1.29 is 9.84 Å². The van der Waals surface area contributed by atoms with E-state index >= 15 is 0 Å². The van der Waals surface area contributed by atoms with Crippen LogP contribution in [0.1, 0.15) is 19.1 Å². The van der Waals surface area contributed by atoms with Gasteiger partial charge in [0.05, 0.1) is 24.6 Å². The van der Waals surface area contributed by atoms with Gasteiger partial charge in [0.25, 0.3) is 5.56 Å². The minimum absolute atomic E-state index is 0.0315. The minimum Gasteiger partial charge on any atom is -0.394 e. The van der Waals surface area contributed by atoms with E-state index in [1.807, 2.05) is 4.57 Å². The summed E-state index contributed by atoms with van der Waals surface area (Å²) >= 11 is 0. The van der Waals surface area contributed by atoms with Crippen LogP contribution in [0.4, 0.5) is 0 Å². The Balaban J connectivity index is 2.02. The van der Waals surface area contributed by atoms with Crippen molar-refractivity contribution >= 4 is 11.0 Å². The predicted octanol–water partition coefficient (Wildman–Crippen LogP) is 0.394. The second-order valence-corrected chi connectivity index (χ2v) is 4.17. The zero-order valence-electron chi connectivity index (χ0n) is 9.17. The molecule has 2 atom stereocenters.